The molecule has 5 aliphatic rings. The van der Waals surface area contributed by atoms with Gasteiger partial charge in [-0.25, -0.2) is 4.79 Å². The quantitative estimate of drug-likeness (QED) is 0.174. The van der Waals surface area contributed by atoms with E-state index in [1.165, 1.54) is 12.5 Å². The Hall–Kier alpha value is -1.52. The van der Waals surface area contributed by atoms with Crippen LogP contribution in [0.15, 0.2) is 11.6 Å². The average molecular weight is 607 g/mol. The van der Waals surface area contributed by atoms with Crippen molar-refractivity contribution >= 4 is 11.9 Å². The summed E-state index contributed by atoms with van der Waals surface area (Å²) in [7, 11) is 0. The van der Waals surface area contributed by atoms with Crippen LogP contribution in [0.2, 0.25) is 0 Å². The molecule has 0 radical (unpaired) electrons. The van der Waals surface area contributed by atoms with Gasteiger partial charge in [-0.15, -0.1) is 0 Å². The van der Waals surface area contributed by atoms with Crippen LogP contribution in [0, 0.1) is 51.8 Å². The fourth-order valence-corrected chi connectivity index (χ4v) is 11.3. The molecule has 9 heteroatoms. The monoisotopic (exact) mass is 606 g/mol. The third-order valence-electron chi connectivity index (χ3n) is 13.7. The molecule has 0 aliphatic heterocycles. The van der Waals surface area contributed by atoms with Crippen LogP contribution in [0.3, 0.4) is 0 Å². The molecule has 5 aliphatic carbocycles. The predicted octanol–water partition coefficient (Wildman–Crippen LogP) is 4.35. The highest BCUT2D eigenvalue weighted by Gasteiger charge is 2.66. The molecule has 12 unspecified atom stereocenters. The normalized spacial score (nSPS) is 46.3. The zero-order valence-electron chi connectivity index (χ0n) is 26.5. The van der Waals surface area contributed by atoms with E-state index in [0.29, 0.717) is 24.2 Å². The summed E-state index contributed by atoms with van der Waals surface area (Å²) in [6.07, 6.45) is 4.76. The summed E-state index contributed by atoms with van der Waals surface area (Å²) in [5.41, 5.74) is -0.521. The van der Waals surface area contributed by atoms with E-state index < -0.39 is 47.6 Å². The molecule has 0 saturated heterocycles. The van der Waals surface area contributed by atoms with Crippen molar-refractivity contribution in [2.75, 3.05) is 0 Å². The minimum Gasteiger partial charge on any atom is -0.481 e. The van der Waals surface area contributed by atoms with Crippen molar-refractivity contribution in [2.24, 2.45) is 51.8 Å². The van der Waals surface area contributed by atoms with Crippen molar-refractivity contribution < 1.29 is 45.0 Å². The fraction of sp³-hybridized carbons (Fsp3) is 0.882. The van der Waals surface area contributed by atoms with Gasteiger partial charge in [-0.2, -0.15) is 0 Å². The Balaban J connectivity index is 1.40. The summed E-state index contributed by atoms with van der Waals surface area (Å²) >= 11 is 0. The van der Waals surface area contributed by atoms with Gasteiger partial charge in [0.25, 0.3) is 0 Å². The van der Waals surface area contributed by atoms with Gasteiger partial charge in [0.2, 0.25) is 0 Å². The lowest BCUT2D eigenvalue weighted by Gasteiger charge is -2.67. The Morgan fingerprint density at radius 1 is 0.930 bits per heavy atom. The lowest BCUT2D eigenvalue weighted by Crippen LogP contribution is -2.64. The van der Waals surface area contributed by atoms with Crippen molar-refractivity contribution in [2.45, 2.75) is 135 Å². The van der Waals surface area contributed by atoms with Crippen molar-refractivity contribution in [1.82, 2.24) is 0 Å². The van der Waals surface area contributed by atoms with Gasteiger partial charge >= 0.3 is 11.9 Å². The third kappa shape index (κ3) is 5.19. The van der Waals surface area contributed by atoms with Crippen LogP contribution in [0.25, 0.3) is 0 Å². The van der Waals surface area contributed by atoms with Crippen molar-refractivity contribution in [1.29, 1.82) is 0 Å². The van der Waals surface area contributed by atoms with Crippen LogP contribution in [-0.4, -0.2) is 72.8 Å². The maximum atomic E-state index is 12.7. The maximum absolute atomic E-state index is 12.7. The molecular weight excluding hydrogens is 552 g/mol. The summed E-state index contributed by atoms with van der Waals surface area (Å²) in [4.78, 5) is 24.3. The first-order valence-electron chi connectivity index (χ1n) is 16.6. The number of aliphatic hydroxyl groups is 4. The van der Waals surface area contributed by atoms with E-state index >= 15 is 0 Å². The molecule has 0 bridgehead atoms. The van der Waals surface area contributed by atoms with Crippen molar-refractivity contribution in [3.8, 4) is 0 Å². The molecule has 4 fully saturated rings. The van der Waals surface area contributed by atoms with Crippen molar-refractivity contribution in [3.05, 3.63) is 11.6 Å². The van der Waals surface area contributed by atoms with E-state index in [4.69, 9.17) is 4.74 Å². The molecule has 0 heterocycles. The molecule has 0 amide bonds. The number of fused-ring (bicyclic) bond motifs is 7. The molecule has 4 saturated carbocycles. The van der Waals surface area contributed by atoms with E-state index in [9.17, 15) is 40.2 Å². The molecule has 0 spiro atoms. The van der Waals surface area contributed by atoms with Crippen LogP contribution < -0.4 is 0 Å². The van der Waals surface area contributed by atoms with Gasteiger partial charge in [0, 0.05) is 0 Å². The molecule has 244 valence electrons. The van der Waals surface area contributed by atoms with Crippen LogP contribution in [0.1, 0.15) is 105 Å². The summed E-state index contributed by atoms with van der Waals surface area (Å²) in [6.45, 7) is 10.1. The molecule has 13 atom stereocenters. The van der Waals surface area contributed by atoms with Gasteiger partial charge in [0.15, 0.2) is 12.4 Å². The summed E-state index contributed by atoms with van der Waals surface area (Å²) in [5.74, 6) is -1.07. The summed E-state index contributed by atoms with van der Waals surface area (Å²) < 4.78 is 5.52. The molecular formula is C34H54O9. The van der Waals surface area contributed by atoms with Crippen LogP contribution in [0.5, 0.6) is 0 Å². The number of carboxylic acids is 2. The molecule has 0 aromatic carbocycles. The number of ether oxygens (including phenoxy) is 1. The zero-order chi connectivity index (χ0) is 31.7. The largest absolute Gasteiger partial charge is 0.481 e. The smallest absolute Gasteiger partial charge is 0.335 e. The molecule has 0 aromatic heterocycles. The maximum Gasteiger partial charge on any atom is 0.335 e. The van der Waals surface area contributed by atoms with E-state index in [1.54, 1.807) is 0 Å². The van der Waals surface area contributed by atoms with E-state index in [0.717, 1.165) is 57.8 Å². The van der Waals surface area contributed by atoms with E-state index in [1.807, 2.05) is 6.92 Å². The third-order valence-corrected chi connectivity index (χ3v) is 13.7. The Bertz CT molecular complexity index is 1120. The molecule has 0 aromatic rings. The average Bonchev–Trinajstić information content (AvgIpc) is 2.90. The lowest BCUT2D eigenvalue weighted by atomic mass is 9.37. The number of rotatable bonds is 8. The van der Waals surface area contributed by atoms with Gasteiger partial charge in [0.1, 0.15) is 6.10 Å². The van der Waals surface area contributed by atoms with Gasteiger partial charge < -0.3 is 35.4 Å². The van der Waals surface area contributed by atoms with Crippen LogP contribution in [0.4, 0.5) is 0 Å². The Kier molecular flexibility index (Phi) is 8.69. The number of aliphatic carboxylic acids is 2. The van der Waals surface area contributed by atoms with Crippen molar-refractivity contribution in [3.63, 3.8) is 0 Å². The van der Waals surface area contributed by atoms with E-state index in [-0.39, 0.29) is 35.0 Å². The number of hydrogen-bond donors (Lipinski definition) is 6. The number of allylic oxidation sites excluding steroid dienone is 2. The Labute approximate surface area is 255 Å². The Morgan fingerprint density at radius 2 is 1.58 bits per heavy atom. The number of aliphatic hydroxyl groups excluding tert-OH is 2. The van der Waals surface area contributed by atoms with Gasteiger partial charge in [-0.05, 0) is 131 Å². The second-order valence-corrected chi connectivity index (χ2v) is 15.9. The zero-order valence-corrected chi connectivity index (χ0v) is 26.5. The first kappa shape index (κ1) is 32.9. The lowest BCUT2D eigenvalue weighted by molar-refractivity contribution is -0.228. The van der Waals surface area contributed by atoms with E-state index in [2.05, 4.69) is 26.8 Å². The minimum absolute atomic E-state index is 0.0164. The topological polar surface area (TPSA) is 165 Å². The highest BCUT2D eigenvalue weighted by molar-refractivity contribution is 5.76. The highest BCUT2D eigenvalue weighted by Crippen LogP contribution is 2.71. The number of carbonyl (C=O) groups is 2. The fourth-order valence-electron chi connectivity index (χ4n) is 11.3. The summed E-state index contributed by atoms with van der Waals surface area (Å²) in [5, 5.41) is 62.2. The van der Waals surface area contributed by atoms with Gasteiger partial charge in [-0.3, -0.25) is 4.79 Å². The molecule has 9 nitrogen and oxygen atoms in total. The molecule has 6 N–H and O–H groups in total. The SMILES string of the molecule is CC1CCC2(C(=O)O)CCC3C(=CCC4C3(C)CCC3C4(C)CCC(CC(OC(C(=O)O)C(C)O)C(O)O)[C@@]3(C)O)C2C1. The number of carboxylic acid groups (broad SMARTS) is 2. The predicted molar refractivity (Wildman–Crippen MR) is 159 cm³/mol. The molecule has 5 rings (SSSR count). The first-order valence-corrected chi connectivity index (χ1v) is 16.6. The Morgan fingerprint density at radius 3 is 2.19 bits per heavy atom. The minimum atomic E-state index is -1.95. The molecule has 43 heavy (non-hydrogen) atoms. The van der Waals surface area contributed by atoms with Crippen LogP contribution >= 0.6 is 0 Å². The second kappa shape index (κ2) is 11.4. The van der Waals surface area contributed by atoms with Gasteiger partial charge in [-0.1, -0.05) is 32.4 Å². The van der Waals surface area contributed by atoms with Gasteiger partial charge in [0.05, 0.1) is 17.1 Å². The standard InChI is InChI=1S/C34H54O9/c1-18-8-14-34(30(40)41)15-10-22-21(23(34)16-18)6-7-25-31(22,3)13-11-26-32(25,4)12-9-20(33(26,5)42)17-24(28(36)37)43-27(19(2)35)29(38)39/h6,18-20,22-28,35-37,42H,7-17H2,1-5H3,(H,38,39)(H,40,41)/t18?,19?,20?,22?,23?,24?,25?,26?,27?,31?,32?,33-,34?/m1/s1. The van der Waals surface area contributed by atoms with Crippen LogP contribution in [-0.2, 0) is 14.3 Å². The summed E-state index contributed by atoms with van der Waals surface area (Å²) in [6, 6.07) is 0. The highest BCUT2D eigenvalue weighted by atomic mass is 16.6. The first-order chi connectivity index (χ1) is 20.0. The second-order valence-electron chi connectivity index (χ2n) is 15.9. The number of hydrogen-bond acceptors (Lipinski definition) is 7.